The number of halogens is 1. The average Bonchev–Trinajstić information content (AvgIpc) is 3.08. The summed E-state index contributed by atoms with van der Waals surface area (Å²) in [7, 11) is 0. The van der Waals surface area contributed by atoms with E-state index in [0.29, 0.717) is 25.6 Å². The monoisotopic (exact) mass is 467 g/mol. The van der Waals surface area contributed by atoms with Gasteiger partial charge in [-0.25, -0.2) is 9.79 Å². The van der Waals surface area contributed by atoms with Gasteiger partial charge in [-0.1, -0.05) is 52.8 Å². The summed E-state index contributed by atoms with van der Waals surface area (Å²) in [6, 6.07) is 14.3. The number of aryl methyl sites for hydroxylation is 1. The molecule has 0 saturated heterocycles. The molecule has 0 unspecified atom stereocenters. The number of anilines is 1. The molecular weight excluding hydrogens is 446 g/mol. The number of aromatic nitrogens is 1. The summed E-state index contributed by atoms with van der Waals surface area (Å²) in [6.07, 6.45) is 1.68. The van der Waals surface area contributed by atoms with Crippen molar-refractivity contribution in [1.82, 2.24) is 4.57 Å². The van der Waals surface area contributed by atoms with E-state index in [-0.39, 0.29) is 12.2 Å². The Labute approximate surface area is 194 Å². The quantitative estimate of drug-likeness (QED) is 0.579. The molecular formula is C24H22ClN3O3S. The van der Waals surface area contributed by atoms with E-state index in [0.717, 1.165) is 16.8 Å². The molecule has 0 fully saturated rings. The highest BCUT2D eigenvalue weighted by Crippen LogP contribution is 2.31. The summed E-state index contributed by atoms with van der Waals surface area (Å²) in [5.41, 5.74) is 3.43. The number of thiazole rings is 1. The molecule has 4 rings (SSSR count). The zero-order valence-electron chi connectivity index (χ0n) is 17.9. The highest BCUT2D eigenvalue weighted by atomic mass is 35.5. The summed E-state index contributed by atoms with van der Waals surface area (Å²) in [5.74, 6) is -0.485. The maximum Gasteiger partial charge on any atom is 0.338 e. The molecule has 164 valence electrons. The summed E-state index contributed by atoms with van der Waals surface area (Å²) in [6.45, 7) is 5.75. The number of allylic oxidation sites excluding steroid dienone is 1. The highest BCUT2D eigenvalue weighted by Gasteiger charge is 2.33. The first-order valence-electron chi connectivity index (χ1n) is 10.2. The molecule has 0 bridgehead atoms. The molecule has 1 aliphatic rings. The van der Waals surface area contributed by atoms with Crippen LogP contribution in [0, 0.1) is 6.92 Å². The zero-order valence-corrected chi connectivity index (χ0v) is 19.5. The number of carbonyl (C=O) groups excluding carboxylic acids is 1. The number of nitrogens with zero attached hydrogens (tertiary/aromatic N) is 2. The molecule has 8 heteroatoms. The van der Waals surface area contributed by atoms with Crippen molar-refractivity contribution in [3.05, 3.63) is 95.6 Å². The number of fused-ring (bicyclic) bond motifs is 1. The van der Waals surface area contributed by atoms with Crippen LogP contribution in [-0.2, 0) is 9.53 Å². The van der Waals surface area contributed by atoms with Crippen LogP contribution in [0.4, 0.5) is 5.69 Å². The van der Waals surface area contributed by atoms with Gasteiger partial charge in [0.2, 0.25) is 0 Å². The van der Waals surface area contributed by atoms with Crippen molar-refractivity contribution in [3.8, 4) is 0 Å². The maximum atomic E-state index is 13.4. The SMILES string of the molecule is CCOC(=O)C1=C(C)N=c2s/c(=C\Nc3ccc(C)cc3)c(=O)n2[C@@H]1c1ccc(Cl)cc1. The molecule has 2 aromatic carbocycles. The Morgan fingerprint density at radius 2 is 1.88 bits per heavy atom. The van der Waals surface area contributed by atoms with Gasteiger partial charge in [-0.2, -0.15) is 0 Å². The van der Waals surface area contributed by atoms with Crippen molar-refractivity contribution < 1.29 is 9.53 Å². The number of nitrogens with one attached hydrogen (secondary N) is 1. The average molecular weight is 468 g/mol. The second-order valence-corrected chi connectivity index (χ2v) is 8.81. The third-order valence-electron chi connectivity index (χ3n) is 5.12. The normalized spacial score (nSPS) is 15.9. The van der Waals surface area contributed by atoms with Gasteiger partial charge in [0.1, 0.15) is 4.53 Å². The predicted octanol–water partition coefficient (Wildman–Crippen LogP) is 3.78. The molecule has 0 amide bonds. The van der Waals surface area contributed by atoms with Gasteiger partial charge in [0.05, 0.1) is 23.9 Å². The van der Waals surface area contributed by atoms with Gasteiger partial charge in [-0.15, -0.1) is 0 Å². The van der Waals surface area contributed by atoms with E-state index in [9.17, 15) is 9.59 Å². The summed E-state index contributed by atoms with van der Waals surface area (Å²) < 4.78 is 7.33. The van der Waals surface area contributed by atoms with Crippen LogP contribution in [0.1, 0.15) is 31.0 Å². The van der Waals surface area contributed by atoms with Crippen molar-refractivity contribution in [2.24, 2.45) is 4.99 Å². The number of carbonyl (C=O) groups is 1. The van der Waals surface area contributed by atoms with Gasteiger partial charge in [0, 0.05) is 16.9 Å². The number of esters is 1. The Morgan fingerprint density at radius 1 is 1.19 bits per heavy atom. The first-order valence-corrected chi connectivity index (χ1v) is 11.3. The molecule has 1 N–H and O–H groups in total. The van der Waals surface area contributed by atoms with Crippen LogP contribution in [-0.4, -0.2) is 17.1 Å². The molecule has 0 spiro atoms. The molecule has 6 nitrogen and oxygen atoms in total. The van der Waals surface area contributed by atoms with E-state index in [1.165, 1.54) is 11.3 Å². The van der Waals surface area contributed by atoms with Crippen LogP contribution in [0.25, 0.3) is 6.20 Å². The second-order valence-electron chi connectivity index (χ2n) is 7.36. The lowest BCUT2D eigenvalue weighted by Crippen LogP contribution is -2.40. The molecule has 1 aromatic heterocycles. The molecule has 0 radical (unpaired) electrons. The third-order valence-corrected chi connectivity index (χ3v) is 6.36. The first kappa shape index (κ1) is 22.0. The number of hydrogen-bond acceptors (Lipinski definition) is 6. The van der Waals surface area contributed by atoms with E-state index in [4.69, 9.17) is 16.3 Å². The Balaban J connectivity index is 1.85. The third kappa shape index (κ3) is 4.26. The lowest BCUT2D eigenvalue weighted by atomic mass is 9.96. The molecule has 0 saturated carbocycles. The lowest BCUT2D eigenvalue weighted by molar-refractivity contribution is -0.139. The smallest absolute Gasteiger partial charge is 0.338 e. The van der Waals surface area contributed by atoms with E-state index in [1.807, 2.05) is 43.3 Å². The van der Waals surface area contributed by atoms with Crippen LogP contribution >= 0.6 is 22.9 Å². The van der Waals surface area contributed by atoms with Gasteiger partial charge in [0.25, 0.3) is 5.56 Å². The van der Waals surface area contributed by atoms with E-state index in [1.54, 1.807) is 36.7 Å². The minimum Gasteiger partial charge on any atom is -0.463 e. The molecule has 0 aliphatic carbocycles. The van der Waals surface area contributed by atoms with Gasteiger partial charge in [0.15, 0.2) is 4.80 Å². The molecule has 1 atom stereocenters. The predicted molar refractivity (Wildman–Crippen MR) is 128 cm³/mol. The summed E-state index contributed by atoms with van der Waals surface area (Å²) >= 11 is 7.34. The molecule has 1 aliphatic heterocycles. The Hall–Kier alpha value is -3.16. The second kappa shape index (κ2) is 9.14. The summed E-state index contributed by atoms with van der Waals surface area (Å²) in [5, 5.41) is 3.74. The molecule has 3 aromatic rings. The minimum absolute atomic E-state index is 0.230. The fourth-order valence-corrected chi connectivity index (χ4v) is 4.65. The number of rotatable bonds is 5. The molecule has 2 heterocycles. The van der Waals surface area contributed by atoms with Crippen molar-refractivity contribution in [2.45, 2.75) is 26.8 Å². The van der Waals surface area contributed by atoms with Crippen LogP contribution < -0.4 is 20.2 Å². The number of hydrogen-bond donors (Lipinski definition) is 1. The van der Waals surface area contributed by atoms with Gasteiger partial charge >= 0.3 is 5.97 Å². The van der Waals surface area contributed by atoms with Crippen molar-refractivity contribution in [3.63, 3.8) is 0 Å². The largest absolute Gasteiger partial charge is 0.463 e. The van der Waals surface area contributed by atoms with Gasteiger partial charge in [-0.05, 0) is 50.6 Å². The minimum atomic E-state index is -0.649. The van der Waals surface area contributed by atoms with E-state index in [2.05, 4.69) is 10.3 Å². The van der Waals surface area contributed by atoms with Gasteiger partial charge < -0.3 is 10.1 Å². The number of benzene rings is 2. The van der Waals surface area contributed by atoms with E-state index < -0.39 is 12.0 Å². The van der Waals surface area contributed by atoms with Crippen LogP contribution in [0.5, 0.6) is 0 Å². The Kier molecular flexibility index (Phi) is 6.30. The highest BCUT2D eigenvalue weighted by molar-refractivity contribution is 7.07. The fourth-order valence-electron chi connectivity index (χ4n) is 3.55. The van der Waals surface area contributed by atoms with Crippen LogP contribution in [0.15, 0.2) is 69.6 Å². The molecule has 32 heavy (non-hydrogen) atoms. The maximum absolute atomic E-state index is 13.4. The standard InChI is InChI=1S/C24H22ClN3O3S/c1-4-31-23(30)20-15(3)27-24-28(21(20)16-7-9-17(25)10-8-16)22(29)19(32-24)13-26-18-11-5-14(2)6-12-18/h5-13,21,26H,4H2,1-3H3/b19-13-/t21-/m1/s1. The van der Waals surface area contributed by atoms with Crippen LogP contribution in [0.3, 0.4) is 0 Å². The summed E-state index contributed by atoms with van der Waals surface area (Å²) in [4.78, 5) is 31.3. The van der Waals surface area contributed by atoms with Crippen molar-refractivity contribution in [2.75, 3.05) is 11.9 Å². The lowest BCUT2D eigenvalue weighted by Gasteiger charge is -2.24. The zero-order chi connectivity index (χ0) is 22.8. The van der Waals surface area contributed by atoms with Gasteiger partial charge in [-0.3, -0.25) is 9.36 Å². The first-order chi connectivity index (χ1) is 15.4. The topological polar surface area (TPSA) is 72.7 Å². The van der Waals surface area contributed by atoms with Crippen molar-refractivity contribution in [1.29, 1.82) is 0 Å². The Bertz CT molecular complexity index is 1370. The fraction of sp³-hybridized carbons (Fsp3) is 0.208. The Morgan fingerprint density at radius 3 is 2.53 bits per heavy atom. The van der Waals surface area contributed by atoms with Crippen LogP contribution in [0.2, 0.25) is 5.02 Å². The van der Waals surface area contributed by atoms with E-state index >= 15 is 0 Å². The number of ether oxygens (including phenoxy) is 1. The van der Waals surface area contributed by atoms with Crippen molar-refractivity contribution >= 4 is 40.8 Å².